The lowest BCUT2D eigenvalue weighted by atomic mass is 9.95. The van der Waals surface area contributed by atoms with E-state index in [1.54, 1.807) is 6.08 Å². The molecule has 1 atom stereocenters. The molecule has 0 bridgehead atoms. The molecule has 0 saturated heterocycles. The second kappa shape index (κ2) is 9.61. The molecule has 4 rings (SSSR count). The first-order chi connectivity index (χ1) is 15.9. The molecule has 0 N–H and O–H groups in total. The molecule has 0 saturated carbocycles. The molecule has 6 nitrogen and oxygen atoms in total. The highest BCUT2D eigenvalue weighted by molar-refractivity contribution is 6.25. The Kier molecular flexibility index (Phi) is 6.45. The van der Waals surface area contributed by atoms with Crippen LogP contribution in [0.3, 0.4) is 0 Å². The summed E-state index contributed by atoms with van der Waals surface area (Å²) in [5.41, 5.74) is 4.65. The zero-order valence-electron chi connectivity index (χ0n) is 18.5. The van der Waals surface area contributed by atoms with Crippen LogP contribution in [0.15, 0.2) is 78.7 Å². The van der Waals surface area contributed by atoms with Crippen LogP contribution < -0.4 is 0 Å². The van der Waals surface area contributed by atoms with Gasteiger partial charge in [-0.15, -0.1) is 0 Å². The van der Waals surface area contributed by atoms with E-state index in [9.17, 15) is 14.4 Å². The van der Waals surface area contributed by atoms with E-state index in [1.807, 2.05) is 53.3 Å². The lowest BCUT2D eigenvalue weighted by Gasteiger charge is -2.15. The first-order valence-electron chi connectivity index (χ1n) is 10.8. The maximum absolute atomic E-state index is 12.7. The number of benzene rings is 2. The second-order valence-electron chi connectivity index (χ2n) is 7.91. The van der Waals surface area contributed by atoms with Crippen LogP contribution in [0.25, 0.3) is 17.3 Å². The number of hydrogen-bond acceptors (Lipinski definition) is 5. The Morgan fingerprint density at radius 3 is 2.45 bits per heavy atom. The number of aromatic nitrogens is 2. The number of esters is 1. The highest BCUT2D eigenvalue weighted by Gasteiger charge is 2.36. The first kappa shape index (κ1) is 22.1. The Hall–Kier alpha value is -4.06. The number of cyclic esters (lactones) is 1. The molecular weight excluding hydrogens is 416 g/mol. The smallest absolute Gasteiger partial charge is 0.329 e. The van der Waals surface area contributed by atoms with E-state index in [0.29, 0.717) is 17.8 Å². The van der Waals surface area contributed by atoms with Crippen LogP contribution in [0.5, 0.6) is 0 Å². The first-order valence-corrected chi connectivity index (χ1v) is 10.8. The van der Waals surface area contributed by atoms with Crippen LogP contribution in [0.4, 0.5) is 0 Å². The van der Waals surface area contributed by atoms with Gasteiger partial charge in [0.2, 0.25) is 0 Å². The van der Waals surface area contributed by atoms with Crippen molar-refractivity contribution in [2.75, 3.05) is 0 Å². The van der Waals surface area contributed by atoms with Crippen LogP contribution >= 0.6 is 0 Å². The predicted molar refractivity (Wildman–Crippen MR) is 125 cm³/mol. The van der Waals surface area contributed by atoms with Crippen molar-refractivity contribution in [3.63, 3.8) is 0 Å². The summed E-state index contributed by atoms with van der Waals surface area (Å²) in [6.45, 7) is 4.17. The van der Waals surface area contributed by atoms with Gasteiger partial charge in [0.25, 0.3) is 0 Å². The average Bonchev–Trinajstić information content (AvgIpc) is 3.20. The van der Waals surface area contributed by atoms with Crippen molar-refractivity contribution in [1.29, 1.82) is 0 Å². The maximum Gasteiger partial charge on any atom is 0.329 e. The van der Waals surface area contributed by atoms with E-state index >= 15 is 0 Å². The van der Waals surface area contributed by atoms with Crippen molar-refractivity contribution in [2.24, 2.45) is 5.92 Å². The zero-order valence-corrected chi connectivity index (χ0v) is 18.5. The lowest BCUT2D eigenvalue weighted by molar-refractivity contribution is -0.151. The molecule has 2 aromatic carbocycles. The molecule has 166 valence electrons. The van der Waals surface area contributed by atoms with Gasteiger partial charge in [0, 0.05) is 23.4 Å². The summed E-state index contributed by atoms with van der Waals surface area (Å²) in [7, 11) is 0. The molecule has 0 aliphatic carbocycles. The lowest BCUT2D eigenvalue weighted by Crippen LogP contribution is -2.34. The Balaban J connectivity index is 1.65. The van der Waals surface area contributed by atoms with Crippen LogP contribution in [0.2, 0.25) is 0 Å². The summed E-state index contributed by atoms with van der Waals surface area (Å²) in [5, 5.41) is 4.75. The fraction of sp³-hybridized carbons (Fsp3) is 0.185. The van der Waals surface area contributed by atoms with Crippen molar-refractivity contribution in [3.8, 4) is 11.3 Å². The largest absolute Gasteiger partial charge is 0.430 e. The van der Waals surface area contributed by atoms with Gasteiger partial charge in [0.05, 0.1) is 12.2 Å². The molecule has 2 heterocycles. The summed E-state index contributed by atoms with van der Waals surface area (Å²) in [6, 6.07) is 18.1. The number of carbonyl (C=O) groups excluding carboxylic acids is 3. The number of allylic oxidation sites excluding steroid dienone is 3. The zero-order chi connectivity index (χ0) is 23.4. The van der Waals surface area contributed by atoms with E-state index in [-0.39, 0.29) is 5.76 Å². The van der Waals surface area contributed by atoms with Crippen molar-refractivity contribution in [2.45, 2.75) is 26.8 Å². The molecule has 33 heavy (non-hydrogen) atoms. The minimum absolute atomic E-state index is 0.193. The fourth-order valence-electron chi connectivity index (χ4n) is 3.70. The summed E-state index contributed by atoms with van der Waals surface area (Å²) in [4.78, 5) is 36.9. The van der Waals surface area contributed by atoms with Crippen molar-refractivity contribution >= 4 is 23.6 Å². The van der Waals surface area contributed by atoms with Gasteiger partial charge < -0.3 is 4.74 Å². The van der Waals surface area contributed by atoms with Gasteiger partial charge in [0.1, 0.15) is 5.76 Å². The minimum atomic E-state index is -1.46. The van der Waals surface area contributed by atoms with Crippen LogP contribution in [0, 0.1) is 5.92 Å². The number of hydrogen-bond donors (Lipinski definition) is 0. The monoisotopic (exact) mass is 440 g/mol. The van der Waals surface area contributed by atoms with Gasteiger partial charge in [-0.2, -0.15) is 5.10 Å². The van der Waals surface area contributed by atoms with Gasteiger partial charge in [-0.3, -0.25) is 19.1 Å². The van der Waals surface area contributed by atoms with E-state index in [1.165, 1.54) is 24.6 Å². The number of rotatable bonds is 7. The van der Waals surface area contributed by atoms with E-state index in [0.717, 1.165) is 17.5 Å². The molecule has 0 amide bonds. The maximum atomic E-state index is 12.7. The predicted octanol–water partition coefficient (Wildman–Crippen LogP) is 4.39. The van der Waals surface area contributed by atoms with Gasteiger partial charge >= 0.3 is 5.97 Å². The standard InChI is InChI=1S/C27H24N2O4/c1-3-19-9-11-21(12-10-19)26-22(17-29(28-26)16-20-7-5-4-6-8-20)13-14-23(30)25-24(31)15-18(2)33-27(25)32/h4-15,17,25H,3,16H2,1-2H3/b14-13+. The summed E-state index contributed by atoms with van der Waals surface area (Å²) in [5.74, 6) is -3.29. The van der Waals surface area contributed by atoms with Gasteiger partial charge in [0.15, 0.2) is 17.5 Å². The van der Waals surface area contributed by atoms with E-state index in [4.69, 9.17) is 9.84 Å². The van der Waals surface area contributed by atoms with Crippen molar-refractivity contribution in [3.05, 3.63) is 95.4 Å². The quantitative estimate of drug-likeness (QED) is 0.309. The summed E-state index contributed by atoms with van der Waals surface area (Å²) >= 11 is 0. The molecule has 1 unspecified atom stereocenters. The molecule has 1 aromatic heterocycles. The molecule has 3 aromatic rings. The number of carbonyl (C=O) groups is 3. The Morgan fingerprint density at radius 1 is 1.06 bits per heavy atom. The molecule has 1 aliphatic heterocycles. The molecule has 0 radical (unpaired) electrons. The average molecular weight is 440 g/mol. The third-order valence-electron chi connectivity index (χ3n) is 5.45. The summed E-state index contributed by atoms with van der Waals surface area (Å²) in [6.07, 6.45) is 6.82. The topological polar surface area (TPSA) is 78.3 Å². The highest BCUT2D eigenvalue weighted by atomic mass is 16.5. The van der Waals surface area contributed by atoms with Crippen LogP contribution in [-0.4, -0.2) is 27.3 Å². The van der Waals surface area contributed by atoms with Crippen LogP contribution in [-0.2, 0) is 32.1 Å². The third-order valence-corrected chi connectivity index (χ3v) is 5.45. The second-order valence-corrected chi connectivity index (χ2v) is 7.91. The molecule has 1 aliphatic rings. The molecule has 0 spiro atoms. The van der Waals surface area contributed by atoms with E-state index < -0.39 is 23.5 Å². The number of nitrogens with zero attached hydrogens (tertiary/aromatic N) is 2. The SMILES string of the molecule is CCc1ccc(-c2nn(Cc3ccccc3)cc2/C=C/C(=O)C2C(=O)C=C(C)OC2=O)cc1. The number of ether oxygens (including phenoxy) is 1. The fourth-order valence-corrected chi connectivity index (χ4v) is 3.70. The highest BCUT2D eigenvalue weighted by Crippen LogP contribution is 2.25. The van der Waals surface area contributed by atoms with Gasteiger partial charge in [-0.1, -0.05) is 61.5 Å². The van der Waals surface area contributed by atoms with Gasteiger partial charge in [-0.25, -0.2) is 0 Å². The normalized spacial score (nSPS) is 16.1. The molecule has 6 heteroatoms. The van der Waals surface area contributed by atoms with Gasteiger partial charge in [-0.05, 0) is 36.6 Å². The Labute approximate surface area is 192 Å². The van der Waals surface area contributed by atoms with Crippen molar-refractivity contribution < 1.29 is 19.1 Å². The molecular formula is C27H24N2O4. The minimum Gasteiger partial charge on any atom is -0.430 e. The van der Waals surface area contributed by atoms with Crippen molar-refractivity contribution in [1.82, 2.24) is 9.78 Å². The molecule has 0 fully saturated rings. The van der Waals surface area contributed by atoms with Crippen LogP contribution in [0.1, 0.15) is 30.5 Å². The number of ketones is 2. The van der Waals surface area contributed by atoms with E-state index in [2.05, 4.69) is 19.1 Å². The number of aryl methyl sites for hydroxylation is 1. The Morgan fingerprint density at radius 2 is 1.79 bits per heavy atom. The summed E-state index contributed by atoms with van der Waals surface area (Å²) < 4.78 is 6.77. The Bertz CT molecular complexity index is 1250. The third kappa shape index (κ3) is 5.06.